The van der Waals surface area contributed by atoms with Gasteiger partial charge < -0.3 is 29.4 Å². The number of aromatic nitrogens is 1. The van der Waals surface area contributed by atoms with E-state index in [0.717, 1.165) is 54.5 Å². The zero-order valence-electron chi connectivity index (χ0n) is 18.4. The van der Waals surface area contributed by atoms with Crippen molar-refractivity contribution in [2.24, 2.45) is 4.99 Å². The summed E-state index contributed by atoms with van der Waals surface area (Å²) in [4.78, 5) is 4.27. The van der Waals surface area contributed by atoms with E-state index in [4.69, 9.17) is 18.7 Å². The summed E-state index contributed by atoms with van der Waals surface area (Å²) in [6, 6.07) is 5.49. The molecule has 1 heterocycles. The Balaban J connectivity index is 0.00000450. The molecule has 30 heavy (non-hydrogen) atoms. The number of guanidine groups is 1. The van der Waals surface area contributed by atoms with Crippen LogP contribution in [0.15, 0.2) is 27.7 Å². The van der Waals surface area contributed by atoms with Gasteiger partial charge in [0.05, 0.1) is 26.5 Å². The molecule has 0 amide bonds. The van der Waals surface area contributed by atoms with Crippen LogP contribution in [0.3, 0.4) is 0 Å². The first-order valence-electron chi connectivity index (χ1n) is 9.91. The van der Waals surface area contributed by atoms with Crippen LogP contribution in [0.1, 0.15) is 37.3 Å². The number of halogens is 1. The first-order valence-corrected chi connectivity index (χ1v) is 9.91. The predicted molar refractivity (Wildman–Crippen MR) is 129 cm³/mol. The van der Waals surface area contributed by atoms with Gasteiger partial charge in [-0.05, 0) is 12.8 Å². The molecule has 0 bridgehead atoms. The van der Waals surface area contributed by atoms with Crippen LogP contribution in [-0.2, 0) is 19.4 Å². The van der Waals surface area contributed by atoms with Crippen LogP contribution < -0.4 is 24.8 Å². The highest BCUT2D eigenvalue weighted by atomic mass is 127. The van der Waals surface area contributed by atoms with Crippen molar-refractivity contribution in [1.82, 2.24) is 15.8 Å². The van der Waals surface area contributed by atoms with Crippen molar-refractivity contribution in [3.63, 3.8) is 0 Å². The summed E-state index contributed by atoms with van der Waals surface area (Å²) in [6.45, 7) is 6.06. The highest BCUT2D eigenvalue weighted by molar-refractivity contribution is 14.0. The molecule has 0 aliphatic heterocycles. The number of ether oxygens (including phenoxy) is 3. The molecule has 168 valence electrons. The molecule has 0 saturated carbocycles. The zero-order chi connectivity index (χ0) is 21.1. The predicted octanol–water partition coefficient (Wildman–Crippen LogP) is 3.57. The lowest BCUT2D eigenvalue weighted by atomic mass is 10.1. The maximum absolute atomic E-state index is 5.80. The minimum Gasteiger partial charge on any atom is -0.496 e. The molecule has 0 saturated heterocycles. The molecule has 1 aromatic heterocycles. The lowest BCUT2D eigenvalue weighted by Gasteiger charge is -2.13. The first-order chi connectivity index (χ1) is 14.1. The average Bonchev–Trinajstić information content (AvgIpc) is 3.17. The maximum Gasteiger partial charge on any atom is 0.191 e. The summed E-state index contributed by atoms with van der Waals surface area (Å²) in [6.07, 6.45) is 2.48. The Labute approximate surface area is 195 Å². The third-order valence-electron chi connectivity index (χ3n) is 4.47. The molecule has 0 radical (unpaired) electrons. The fourth-order valence-corrected chi connectivity index (χ4v) is 2.86. The van der Waals surface area contributed by atoms with Gasteiger partial charge in [0.25, 0.3) is 0 Å². The molecule has 1 aromatic carbocycles. The second kappa shape index (κ2) is 13.9. The van der Waals surface area contributed by atoms with Gasteiger partial charge in [-0.3, -0.25) is 4.99 Å². The standard InChI is InChI=1S/C21H32N4O4.HI/c1-6-19-18(20(7-2)29-25-19)14-24-21(22-3)23-9-8-10-28-17-12-15(26-4)11-16(13-17)27-5;/h11-13H,6-10,14H2,1-5H3,(H2,22,23,24);1H. The summed E-state index contributed by atoms with van der Waals surface area (Å²) in [5, 5.41) is 10.8. The van der Waals surface area contributed by atoms with Crippen molar-refractivity contribution in [2.45, 2.75) is 39.7 Å². The summed E-state index contributed by atoms with van der Waals surface area (Å²) < 4.78 is 21.7. The Kier molecular flexibility index (Phi) is 12.0. The van der Waals surface area contributed by atoms with E-state index in [0.29, 0.717) is 24.7 Å². The van der Waals surface area contributed by atoms with Gasteiger partial charge >= 0.3 is 0 Å². The van der Waals surface area contributed by atoms with Crippen molar-refractivity contribution in [2.75, 3.05) is 34.4 Å². The van der Waals surface area contributed by atoms with E-state index in [9.17, 15) is 0 Å². The molecule has 0 aliphatic rings. The highest BCUT2D eigenvalue weighted by Gasteiger charge is 2.13. The summed E-state index contributed by atoms with van der Waals surface area (Å²) >= 11 is 0. The molecule has 0 unspecified atom stereocenters. The molecule has 0 atom stereocenters. The molecule has 2 N–H and O–H groups in total. The third-order valence-corrected chi connectivity index (χ3v) is 4.47. The number of nitrogens with one attached hydrogen (secondary N) is 2. The number of rotatable bonds is 11. The summed E-state index contributed by atoms with van der Waals surface area (Å²) in [5.41, 5.74) is 2.11. The second-order valence-corrected chi connectivity index (χ2v) is 6.34. The molecule has 0 spiro atoms. The van der Waals surface area contributed by atoms with Crippen molar-refractivity contribution >= 4 is 29.9 Å². The lowest BCUT2D eigenvalue weighted by Crippen LogP contribution is -2.37. The Hall–Kier alpha value is -2.17. The van der Waals surface area contributed by atoms with Crippen LogP contribution in [0.5, 0.6) is 17.2 Å². The van der Waals surface area contributed by atoms with Crippen molar-refractivity contribution < 1.29 is 18.7 Å². The molecule has 0 fully saturated rings. The summed E-state index contributed by atoms with van der Waals surface area (Å²) in [5.74, 6) is 3.78. The van der Waals surface area contributed by atoms with E-state index in [1.54, 1.807) is 21.3 Å². The van der Waals surface area contributed by atoms with Gasteiger partial charge in [-0.15, -0.1) is 24.0 Å². The minimum atomic E-state index is 0. The molecular weight excluding hydrogens is 499 g/mol. The Morgan fingerprint density at radius 1 is 1.03 bits per heavy atom. The van der Waals surface area contributed by atoms with Gasteiger partial charge in [-0.1, -0.05) is 19.0 Å². The molecule has 0 aliphatic carbocycles. The Bertz CT molecular complexity index is 752. The van der Waals surface area contributed by atoms with E-state index in [2.05, 4.69) is 34.6 Å². The quantitative estimate of drug-likeness (QED) is 0.198. The third kappa shape index (κ3) is 7.58. The molecule has 8 nitrogen and oxygen atoms in total. The number of nitrogens with zero attached hydrogens (tertiary/aromatic N) is 2. The van der Waals surface area contributed by atoms with Gasteiger partial charge in [0.2, 0.25) is 0 Å². The van der Waals surface area contributed by atoms with E-state index < -0.39 is 0 Å². The van der Waals surface area contributed by atoms with Crippen LogP contribution in [0.4, 0.5) is 0 Å². The van der Waals surface area contributed by atoms with Gasteiger partial charge in [-0.25, -0.2) is 0 Å². The second-order valence-electron chi connectivity index (χ2n) is 6.34. The van der Waals surface area contributed by atoms with E-state index in [1.807, 2.05) is 18.2 Å². The van der Waals surface area contributed by atoms with Crippen LogP contribution in [0.2, 0.25) is 0 Å². The molecule has 2 aromatic rings. The Morgan fingerprint density at radius 2 is 1.70 bits per heavy atom. The SMILES string of the molecule is CCc1noc(CC)c1CNC(=NC)NCCCOc1cc(OC)cc(OC)c1.I. The van der Waals surface area contributed by atoms with Gasteiger partial charge in [0, 0.05) is 50.3 Å². The monoisotopic (exact) mass is 532 g/mol. The fourth-order valence-electron chi connectivity index (χ4n) is 2.86. The normalized spacial score (nSPS) is 10.9. The van der Waals surface area contributed by atoms with E-state index in [-0.39, 0.29) is 24.0 Å². The van der Waals surface area contributed by atoms with Crippen LogP contribution >= 0.6 is 24.0 Å². The maximum atomic E-state index is 5.80. The Morgan fingerprint density at radius 3 is 2.27 bits per heavy atom. The number of aliphatic imine (C=N–C) groups is 1. The number of hydrogen-bond acceptors (Lipinski definition) is 6. The van der Waals surface area contributed by atoms with Crippen molar-refractivity contribution in [3.05, 3.63) is 35.2 Å². The number of methoxy groups -OCH3 is 2. The van der Waals surface area contributed by atoms with Crippen LogP contribution in [-0.4, -0.2) is 45.5 Å². The molecule has 9 heteroatoms. The van der Waals surface area contributed by atoms with Gasteiger partial charge in [0.15, 0.2) is 5.96 Å². The van der Waals surface area contributed by atoms with Gasteiger partial charge in [0.1, 0.15) is 23.0 Å². The van der Waals surface area contributed by atoms with E-state index >= 15 is 0 Å². The van der Waals surface area contributed by atoms with Crippen molar-refractivity contribution in [3.8, 4) is 17.2 Å². The first kappa shape index (κ1) is 25.9. The topological polar surface area (TPSA) is 90.1 Å². The van der Waals surface area contributed by atoms with E-state index in [1.165, 1.54) is 0 Å². The van der Waals surface area contributed by atoms with Crippen molar-refractivity contribution in [1.29, 1.82) is 0 Å². The van der Waals surface area contributed by atoms with Crippen LogP contribution in [0.25, 0.3) is 0 Å². The van der Waals surface area contributed by atoms with Crippen LogP contribution in [0, 0.1) is 0 Å². The number of benzene rings is 1. The number of aryl methyl sites for hydroxylation is 2. The largest absolute Gasteiger partial charge is 0.496 e. The summed E-state index contributed by atoms with van der Waals surface area (Å²) in [7, 11) is 4.99. The smallest absolute Gasteiger partial charge is 0.191 e. The lowest BCUT2D eigenvalue weighted by molar-refractivity contribution is 0.305. The minimum absolute atomic E-state index is 0. The zero-order valence-corrected chi connectivity index (χ0v) is 20.7. The molecular formula is C21H33IN4O4. The average molecular weight is 532 g/mol. The molecule has 2 rings (SSSR count). The van der Waals surface area contributed by atoms with Gasteiger partial charge in [-0.2, -0.15) is 0 Å². The number of hydrogen-bond donors (Lipinski definition) is 2. The highest BCUT2D eigenvalue weighted by Crippen LogP contribution is 2.27. The fraction of sp³-hybridized carbons (Fsp3) is 0.524.